The van der Waals surface area contributed by atoms with Gasteiger partial charge in [-0.05, 0) is 48.6 Å². The summed E-state index contributed by atoms with van der Waals surface area (Å²) in [6, 6.07) is 16.3. The lowest BCUT2D eigenvalue weighted by Gasteiger charge is -2.26. The number of likely N-dealkylation sites (N-methyl/N-ethyl adjacent to an activating group) is 1. The number of nitrogens with zero attached hydrogens (tertiary/aromatic N) is 1. The fourth-order valence-corrected chi connectivity index (χ4v) is 3.31. The molecule has 1 saturated heterocycles. The monoisotopic (exact) mass is 417 g/mol. The van der Waals surface area contributed by atoms with E-state index in [0.29, 0.717) is 25.3 Å². The number of carbonyl (C=O) groups is 2. The number of ether oxygens (including phenoxy) is 1. The molecule has 7 heteroatoms. The average Bonchev–Trinajstić information content (AvgIpc) is 2.75. The summed E-state index contributed by atoms with van der Waals surface area (Å²) in [4.78, 5) is 26.5. The van der Waals surface area contributed by atoms with Crippen LogP contribution < -0.4 is 16.0 Å². The molecule has 1 heterocycles. The average molecular weight is 418 g/mol. The van der Waals surface area contributed by atoms with Gasteiger partial charge >= 0.3 is 0 Å². The Kier molecular flexibility index (Phi) is 8.64. The van der Waals surface area contributed by atoms with E-state index < -0.39 is 6.04 Å². The third-order valence-corrected chi connectivity index (χ3v) is 5.17. The molecule has 1 unspecified atom stereocenters. The van der Waals surface area contributed by atoms with Gasteiger partial charge in [0, 0.05) is 31.6 Å². The summed E-state index contributed by atoms with van der Waals surface area (Å²) in [5.74, 6) is -0.0248. The minimum Gasteiger partial charge on any atom is -0.381 e. The summed E-state index contributed by atoms with van der Waals surface area (Å²) in [5.41, 5.74) is 8.54. The van der Waals surface area contributed by atoms with Crippen LogP contribution in [0.1, 0.15) is 18.4 Å². The zero-order valence-electron chi connectivity index (χ0n) is 16.5. The minimum atomic E-state index is -0.537. The molecule has 0 bridgehead atoms. The molecule has 1 aliphatic rings. The van der Waals surface area contributed by atoms with Gasteiger partial charge in [0.15, 0.2) is 0 Å². The van der Waals surface area contributed by atoms with Gasteiger partial charge in [-0.15, -0.1) is 12.4 Å². The lowest BCUT2D eigenvalue weighted by molar-refractivity contribution is -0.119. The molecule has 2 amide bonds. The first-order valence-corrected chi connectivity index (χ1v) is 9.59. The van der Waals surface area contributed by atoms with Crippen molar-refractivity contribution in [3.63, 3.8) is 0 Å². The van der Waals surface area contributed by atoms with Crippen LogP contribution in [0, 0.1) is 5.92 Å². The van der Waals surface area contributed by atoms with E-state index in [2.05, 4.69) is 5.32 Å². The zero-order valence-corrected chi connectivity index (χ0v) is 17.4. The Morgan fingerprint density at radius 1 is 1.10 bits per heavy atom. The minimum absolute atomic E-state index is 0. The number of para-hydroxylation sites is 1. The molecule has 0 saturated carbocycles. The van der Waals surface area contributed by atoms with Gasteiger partial charge in [-0.25, -0.2) is 0 Å². The molecule has 1 aliphatic heterocycles. The molecule has 0 radical (unpaired) electrons. The topological polar surface area (TPSA) is 84.7 Å². The molecule has 1 fully saturated rings. The van der Waals surface area contributed by atoms with Crippen molar-refractivity contribution < 1.29 is 14.3 Å². The Balaban J connectivity index is 0.00000300. The zero-order chi connectivity index (χ0) is 19.9. The quantitative estimate of drug-likeness (QED) is 0.756. The predicted octanol–water partition coefficient (Wildman–Crippen LogP) is 3.01. The van der Waals surface area contributed by atoms with Crippen molar-refractivity contribution >= 4 is 35.6 Å². The smallest absolute Gasteiger partial charge is 0.241 e. The molecule has 0 spiro atoms. The molecule has 1 atom stereocenters. The molecule has 0 aromatic heterocycles. The van der Waals surface area contributed by atoms with Gasteiger partial charge in [-0.3, -0.25) is 9.59 Å². The summed E-state index contributed by atoms with van der Waals surface area (Å²) in [6.45, 7) is 1.32. The maximum absolute atomic E-state index is 12.5. The van der Waals surface area contributed by atoms with E-state index >= 15 is 0 Å². The highest BCUT2D eigenvalue weighted by atomic mass is 35.5. The van der Waals surface area contributed by atoms with Crippen LogP contribution in [0.4, 0.5) is 11.4 Å². The van der Waals surface area contributed by atoms with Crippen molar-refractivity contribution in [3.8, 4) is 0 Å². The van der Waals surface area contributed by atoms with Crippen LogP contribution >= 0.6 is 12.4 Å². The highest BCUT2D eigenvalue weighted by Gasteiger charge is 2.26. The summed E-state index contributed by atoms with van der Waals surface area (Å²) in [6.07, 6.45) is 1.91. The second-order valence-corrected chi connectivity index (χ2v) is 7.13. The Labute approximate surface area is 177 Å². The van der Waals surface area contributed by atoms with Crippen molar-refractivity contribution in [2.75, 3.05) is 30.5 Å². The third-order valence-electron chi connectivity index (χ3n) is 5.17. The van der Waals surface area contributed by atoms with E-state index in [4.69, 9.17) is 10.5 Å². The van der Waals surface area contributed by atoms with Crippen molar-refractivity contribution in [2.45, 2.75) is 25.3 Å². The second-order valence-electron chi connectivity index (χ2n) is 7.13. The van der Waals surface area contributed by atoms with Crippen molar-refractivity contribution in [2.24, 2.45) is 11.7 Å². The van der Waals surface area contributed by atoms with Crippen LogP contribution in [0.2, 0.25) is 0 Å². The third kappa shape index (κ3) is 6.29. The maximum atomic E-state index is 12.5. The molecule has 2 aromatic rings. The molecule has 2 aromatic carbocycles. The van der Waals surface area contributed by atoms with E-state index in [1.165, 1.54) is 0 Å². The van der Waals surface area contributed by atoms with Crippen molar-refractivity contribution in [1.29, 1.82) is 0 Å². The van der Waals surface area contributed by atoms with Gasteiger partial charge < -0.3 is 20.7 Å². The number of carbonyl (C=O) groups excluding carboxylic acids is 2. The van der Waals surface area contributed by atoms with Crippen LogP contribution in [0.3, 0.4) is 0 Å². The highest BCUT2D eigenvalue weighted by molar-refractivity contribution is 5.95. The van der Waals surface area contributed by atoms with Gasteiger partial charge in [0.05, 0.1) is 12.5 Å². The SMILES string of the molecule is CN(C(=O)Cc1ccc(NC(=O)C(N)C2CCOCC2)cc1)c1ccccc1.Cl. The van der Waals surface area contributed by atoms with E-state index in [9.17, 15) is 9.59 Å². The fraction of sp³-hybridized carbons (Fsp3) is 0.364. The van der Waals surface area contributed by atoms with Crippen LogP contribution in [-0.4, -0.2) is 38.1 Å². The lowest BCUT2D eigenvalue weighted by atomic mass is 9.92. The van der Waals surface area contributed by atoms with E-state index in [1.54, 1.807) is 24.1 Å². The van der Waals surface area contributed by atoms with Gasteiger partial charge in [0.1, 0.15) is 0 Å². The first-order valence-electron chi connectivity index (χ1n) is 9.59. The number of nitrogens with two attached hydrogens (primary N) is 1. The predicted molar refractivity (Wildman–Crippen MR) is 117 cm³/mol. The van der Waals surface area contributed by atoms with Gasteiger partial charge in [0.2, 0.25) is 11.8 Å². The molecule has 3 rings (SSSR count). The molecular weight excluding hydrogens is 390 g/mol. The molecule has 3 N–H and O–H groups in total. The first-order chi connectivity index (χ1) is 13.5. The number of hydrogen-bond donors (Lipinski definition) is 2. The van der Waals surface area contributed by atoms with Gasteiger partial charge in [-0.1, -0.05) is 30.3 Å². The molecule has 6 nitrogen and oxygen atoms in total. The Morgan fingerprint density at radius 3 is 2.34 bits per heavy atom. The number of hydrogen-bond acceptors (Lipinski definition) is 4. The summed E-state index contributed by atoms with van der Waals surface area (Å²) in [5, 5.41) is 2.87. The molecular formula is C22H28ClN3O3. The van der Waals surface area contributed by atoms with Gasteiger partial charge in [0.25, 0.3) is 0 Å². The molecule has 156 valence electrons. The summed E-state index contributed by atoms with van der Waals surface area (Å²) < 4.78 is 5.32. The normalized spacial score (nSPS) is 15.1. The number of nitrogens with one attached hydrogen (secondary N) is 1. The number of halogens is 1. The number of anilines is 2. The molecule has 29 heavy (non-hydrogen) atoms. The Morgan fingerprint density at radius 2 is 1.72 bits per heavy atom. The first kappa shape index (κ1) is 22.9. The second kappa shape index (κ2) is 11.0. The lowest BCUT2D eigenvalue weighted by Crippen LogP contribution is -2.44. The Bertz CT molecular complexity index is 793. The van der Waals surface area contributed by atoms with Crippen LogP contribution in [-0.2, 0) is 20.7 Å². The number of benzene rings is 2. The largest absolute Gasteiger partial charge is 0.381 e. The maximum Gasteiger partial charge on any atom is 0.241 e. The number of rotatable bonds is 6. The van der Waals surface area contributed by atoms with Gasteiger partial charge in [-0.2, -0.15) is 0 Å². The van der Waals surface area contributed by atoms with E-state index in [1.807, 2.05) is 42.5 Å². The van der Waals surface area contributed by atoms with Crippen LogP contribution in [0.25, 0.3) is 0 Å². The van der Waals surface area contributed by atoms with Crippen molar-refractivity contribution in [1.82, 2.24) is 0 Å². The van der Waals surface area contributed by atoms with E-state index in [-0.39, 0.29) is 30.1 Å². The summed E-state index contributed by atoms with van der Waals surface area (Å²) >= 11 is 0. The van der Waals surface area contributed by atoms with Crippen LogP contribution in [0.15, 0.2) is 54.6 Å². The van der Waals surface area contributed by atoms with E-state index in [0.717, 1.165) is 24.1 Å². The van der Waals surface area contributed by atoms with Crippen molar-refractivity contribution in [3.05, 3.63) is 60.2 Å². The Hall–Kier alpha value is -2.41. The fourth-order valence-electron chi connectivity index (χ4n) is 3.31. The standard InChI is InChI=1S/C22H27N3O3.ClH/c1-25(19-5-3-2-4-6-19)20(26)15-16-7-9-18(10-8-16)24-22(27)21(23)17-11-13-28-14-12-17;/h2-10,17,21H,11-15,23H2,1H3,(H,24,27);1H. The molecule has 0 aliphatic carbocycles. The highest BCUT2D eigenvalue weighted by Crippen LogP contribution is 2.19. The summed E-state index contributed by atoms with van der Waals surface area (Å²) in [7, 11) is 1.77. The number of amides is 2. The van der Waals surface area contributed by atoms with Crippen LogP contribution in [0.5, 0.6) is 0 Å².